The van der Waals surface area contributed by atoms with Crippen LogP contribution in [0.25, 0.3) is 11.3 Å². The van der Waals surface area contributed by atoms with Crippen molar-refractivity contribution in [2.75, 3.05) is 12.3 Å². The average Bonchev–Trinajstić information content (AvgIpc) is 2.89. The molecular weight excluding hydrogens is 335 g/mol. The van der Waals surface area contributed by atoms with Crippen molar-refractivity contribution in [3.05, 3.63) is 47.0 Å². The summed E-state index contributed by atoms with van der Waals surface area (Å²) >= 11 is 1.32. The summed E-state index contributed by atoms with van der Waals surface area (Å²) in [6, 6.07) is 5.23. The maximum Gasteiger partial charge on any atom is 0.416 e. The minimum absolute atomic E-state index is 0.361. The molecule has 0 aliphatic carbocycles. The number of thiazole rings is 1. The number of hydrogen-bond acceptors (Lipinski definition) is 4. The molecule has 3 rings (SSSR count). The monoisotopic (exact) mass is 353 g/mol. The molecule has 0 amide bonds. The number of hydrogen-bond donors (Lipinski definition) is 1. The zero-order valence-electron chi connectivity index (χ0n) is 13.1. The molecule has 1 aromatic heterocycles. The van der Waals surface area contributed by atoms with Crippen LogP contribution in [0.15, 0.2) is 36.5 Å². The molecule has 1 aliphatic heterocycles. The third-order valence-corrected chi connectivity index (χ3v) is 4.97. The molecule has 0 saturated carbocycles. The number of allylic oxidation sites excluding steroid dienone is 1. The SMILES string of the molecule is C=C1CCCCN1Cc1sc(N)nc1-c1cccc(C(F)(F)F)c1. The molecule has 2 heterocycles. The van der Waals surface area contributed by atoms with Crippen molar-refractivity contribution in [2.24, 2.45) is 0 Å². The fourth-order valence-corrected chi connectivity index (χ4v) is 3.73. The molecule has 0 atom stereocenters. The van der Waals surface area contributed by atoms with Gasteiger partial charge in [-0.1, -0.05) is 30.0 Å². The van der Waals surface area contributed by atoms with E-state index < -0.39 is 11.7 Å². The lowest BCUT2D eigenvalue weighted by Gasteiger charge is -2.30. The van der Waals surface area contributed by atoms with Gasteiger partial charge in [0.2, 0.25) is 0 Å². The second-order valence-electron chi connectivity index (χ2n) is 5.85. The maximum atomic E-state index is 13.0. The summed E-state index contributed by atoms with van der Waals surface area (Å²) in [4.78, 5) is 7.30. The summed E-state index contributed by atoms with van der Waals surface area (Å²) in [5.41, 5.74) is 7.17. The second-order valence-corrected chi connectivity index (χ2v) is 6.96. The van der Waals surface area contributed by atoms with E-state index in [0.717, 1.165) is 48.5 Å². The molecule has 128 valence electrons. The van der Waals surface area contributed by atoms with Crippen molar-refractivity contribution in [3.8, 4) is 11.3 Å². The van der Waals surface area contributed by atoms with Crippen molar-refractivity contribution < 1.29 is 13.2 Å². The van der Waals surface area contributed by atoms with Gasteiger partial charge in [-0.15, -0.1) is 0 Å². The first-order valence-corrected chi connectivity index (χ1v) is 8.52. The Morgan fingerprint density at radius 3 is 2.79 bits per heavy atom. The van der Waals surface area contributed by atoms with Crippen molar-refractivity contribution in [2.45, 2.75) is 32.0 Å². The van der Waals surface area contributed by atoms with Gasteiger partial charge in [-0.2, -0.15) is 13.2 Å². The Morgan fingerprint density at radius 1 is 1.29 bits per heavy atom. The van der Waals surface area contributed by atoms with Gasteiger partial charge in [0.15, 0.2) is 5.13 Å². The van der Waals surface area contributed by atoms with E-state index in [-0.39, 0.29) is 0 Å². The molecule has 7 heteroatoms. The van der Waals surface area contributed by atoms with Crippen molar-refractivity contribution in [3.63, 3.8) is 0 Å². The highest BCUT2D eigenvalue weighted by Gasteiger charge is 2.31. The topological polar surface area (TPSA) is 42.1 Å². The van der Waals surface area contributed by atoms with E-state index in [2.05, 4.69) is 16.5 Å². The van der Waals surface area contributed by atoms with Gasteiger partial charge in [0.25, 0.3) is 0 Å². The third kappa shape index (κ3) is 3.56. The first kappa shape index (κ1) is 16.8. The van der Waals surface area contributed by atoms with Crippen LogP contribution in [0, 0.1) is 0 Å². The normalized spacial score (nSPS) is 15.8. The van der Waals surface area contributed by atoms with Gasteiger partial charge < -0.3 is 10.6 Å². The van der Waals surface area contributed by atoms with Crippen LogP contribution >= 0.6 is 11.3 Å². The van der Waals surface area contributed by atoms with E-state index in [9.17, 15) is 13.2 Å². The highest BCUT2D eigenvalue weighted by molar-refractivity contribution is 7.15. The van der Waals surface area contributed by atoms with Gasteiger partial charge >= 0.3 is 6.18 Å². The summed E-state index contributed by atoms with van der Waals surface area (Å²) in [5, 5.41) is 0.361. The summed E-state index contributed by atoms with van der Waals surface area (Å²) in [5.74, 6) is 0. The van der Waals surface area contributed by atoms with E-state index in [0.29, 0.717) is 22.9 Å². The minimum atomic E-state index is -4.38. The number of aromatic nitrogens is 1. The predicted octanol–water partition coefficient (Wildman–Crippen LogP) is 4.91. The van der Waals surface area contributed by atoms with E-state index in [1.165, 1.54) is 17.4 Å². The predicted molar refractivity (Wildman–Crippen MR) is 90.4 cm³/mol. The standard InChI is InChI=1S/C17H18F3N3S/c1-11-5-2-3-8-23(11)10-14-15(22-16(21)24-14)12-6-4-7-13(9-12)17(18,19)20/h4,6-7,9H,1-3,5,8,10H2,(H2,21,22). The fourth-order valence-electron chi connectivity index (χ4n) is 2.86. The molecule has 1 aliphatic rings. The van der Waals surface area contributed by atoms with Crippen molar-refractivity contribution in [1.29, 1.82) is 0 Å². The third-order valence-electron chi connectivity index (χ3n) is 4.10. The van der Waals surface area contributed by atoms with Gasteiger partial charge in [-0.25, -0.2) is 4.98 Å². The van der Waals surface area contributed by atoms with Crippen LogP contribution in [-0.4, -0.2) is 16.4 Å². The molecule has 0 radical (unpaired) electrons. The minimum Gasteiger partial charge on any atom is -0.375 e. The quantitative estimate of drug-likeness (QED) is 0.852. The number of nitrogens with two attached hydrogens (primary N) is 1. The largest absolute Gasteiger partial charge is 0.416 e. The van der Waals surface area contributed by atoms with Gasteiger partial charge in [-0.05, 0) is 31.4 Å². The van der Waals surface area contributed by atoms with E-state index in [1.54, 1.807) is 6.07 Å². The summed E-state index contributed by atoms with van der Waals surface area (Å²) in [6.45, 7) is 5.56. The average molecular weight is 353 g/mol. The molecule has 2 aromatic rings. The number of rotatable bonds is 3. The molecular formula is C17H18F3N3S. The lowest BCUT2D eigenvalue weighted by atomic mass is 10.1. The molecule has 24 heavy (non-hydrogen) atoms. The number of halogens is 3. The van der Waals surface area contributed by atoms with E-state index >= 15 is 0 Å². The lowest BCUT2D eigenvalue weighted by molar-refractivity contribution is -0.137. The molecule has 1 aromatic carbocycles. The maximum absolute atomic E-state index is 13.0. The lowest BCUT2D eigenvalue weighted by Crippen LogP contribution is -2.26. The smallest absolute Gasteiger partial charge is 0.375 e. The summed E-state index contributed by atoms with van der Waals surface area (Å²) < 4.78 is 38.9. The Kier molecular flexibility index (Phi) is 4.54. The highest BCUT2D eigenvalue weighted by atomic mass is 32.1. The van der Waals surface area contributed by atoms with Gasteiger partial charge in [0.1, 0.15) is 0 Å². The van der Waals surface area contributed by atoms with E-state index in [1.807, 2.05) is 0 Å². The van der Waals surface area contributed by atoms with Crippen LogP contribution in [0.2, 0.25) is 0 Å². The van der Waals surface area contributed by atoms with Crippen LogP contribution in [0.1, 0.15) is 29.7 Å². The highest BCUT2D eigenvalue weighted by Crippen LogP contribution is 2.36. The number of benzene rings is 1. The molecule has 3 nitrogen and oxygen atoms in total. The number of likely N-dealkylation sites (tertiary alicyclic amines) is 1. The molecule has 1 saturated heterocycles. The number of nitrogens with zero attached hydrogens (tertiary/aromatic N) is 2. The molecule has 2 N–H and O–H groups in total. The van der Waals surface area contributed by atoms with Crippen LogP contribution in [0.5, 0.6) is 0 Å². The summed E-state index contributed by atoms with van der Waals surface area (Å²) in [7, 11) is 0. The van der Waals surface area contributed by atoms with Gasteiger partial charge in [0, 0.05) is 17.8 Å². The summed E-state index contributed by atoms with van der Waals surface area (Å²) in [6.07, 6.45) is -1.21. The van der Waals surface area contributed by atoms with Crippen LogP contribution in [-0.2, 0) is 12.7 Å². The van der Waals surface area contributed by atoms with Gasteiger partial charge in [-0.3, -0.25) is 0 Å². The Bertz CT molecular complexity index is 752. The second kappa shape index (κ2) is 6.47. The molecule has 1 fully saturated rings. The first-order valence-electron chi connectivity index (χ1n) is 7.70. The zero-order chi connectivity index (χ0) is 17.3. The number of piperidine rings is 1. The van der Waals surface area contributed by atoms with Crippen LogP contribution < -0.4 is 5.73 Å². The Morgan fingerprint density at radius 2 is 2.08 bits per heavy atom. The van der Waals surface area contributed by atoms with E-state index in [4.69, 9.17) is 5.73 Å². The van der Waals surface area contributed by atoms with Crippen molar-refractivity contribution in [1.82, 2.24) is 9.88 Å². The van der Waals surface area contributed by atoms with Crippen LogP contribution in [0.3, 0.4) is 0 Å². The number of anilines is 1. The Labute approximate surface area is 142 Å². The fraction of sp³-hybridized carbons (Fsp3) is 0.353. The Balaban J connectivity index is 1.93. The van der Waals surface area contributed by atoms with Crippen molar-refractivity contribution >= 4 is 16.5 Å². The molecule has 0 unspecified atom stereocenters. The number of alkyl halides is 3. The number of nitrogen functional groups attached to an aromatic ring is 1. The molecule has 0 bridgehead atoms. The molecule has 0 spiro atoms. The zero-order valence-corrected chi connectivity index (χ0v) is 13.9. The Hall–Kier alpha value is -2.02. The van der Waals surface area contributed by atoms with Gasteiger partial charge in [0.05, 0.1) is 22.7 Å². The van der Waals surface area contributed by atoms with Crippen LogP contribution in [0.4, 0.5) is 18.3 Å². The first-order chi connectivity index (χ1) is 11.3.